The van der Waals surface area contributed by atoms with Gasteiger partial charge in [-0.3, -0.25) is 0 Å². The predicted octanol–water partition coefficient (Wildman–Crippen LogP) is 3.29. The van der Waals surface area contributed by atoms with Gasteiger partial charge in [0.2, 0.25) is 0 Å². The first-order chi connectivity index (χ1) is 8.66. The Labute approximate surface area is 108 Å². The van der Waals surface area contributed by atoms with Crippen LogP contribution in [0, 0.1) is 20.8 Å². The normalized spacial score (nSPS) is 14.2. The van der Waals surface area contributed by atoms with E-state index in [4.69, 9.17) is 0 Å². The van der Waals surface area contributed by atoms with Crippen molar-refractivity contribution in [1.29, 1.82) is 0 Å². The molecule has 94 valence electrons. The maximum Gasteiger partial charge on any atom is 0.132 e. The highest BCUT2D eigenvalue weighted by Crippen LogP contribution is 2.35. The van der Waals surface area contributed by atoms with Crippen LogP contribution in [0.4, 0.5) is 5.82 Å². The van der Waals surface area contributed by atoms with Crippen LogP contribution < -0.4 is 5.32 Å². The van der Waals surface area contributed by atoms with Crippen LogP contribution in [0.3, 0.4) is 0 Å². The van der Waals surface area contributed by atoms with E-state index in [2.05, 4.69) is 54.1 Å². The Balaban J connectivity index is 2.22. The maximum atomic E-state index is 4.65. The molecule has 0 amide bonds. The second-order valence-corrected chi connectivity index (χ2v) is 5.13. The quantitative estimate of drug-likeness (QED) is 0.830. The molecule has 0 spiro atoms. The molecule has 1 aromatic carbocycles. The summed E-state index contributed by atoms with van der Waals surface area (Å²) in [6.45, 7) is 8.48. The number of fused-ring (bicyclic) bond motifs is 1. The Morgan fingerprint density at radius 2 is 2.06 bits per heavy atom. The Bertz CT molecular complexity index is 596. The summed E-state index contributed by atoms with van der Waals surface area (Å²) in [5.41, 5.74) is 6.31. The van der Waals surface area contributed by atoms with E-state index in [0.717, 1.165) is 25.2 Å². The van der Waals surface area contributed by atoms with Crippen LogP contribution >= 0.6 is 0 Å². The molecule has 3 heteroatoms. The Kier molecular flexibility index (Phi) is 2.62. The molecule has 0 fully saturated rings. The van der Waals surface area contributed by atoms with Crippen LogP contribution in [0.2, 0.25) is 0 Å². The Morgan fingerprint density at radius 1 is 1.22 bits per heavy atom. The summed E-state index contributed by atoms with van der Waals surface area (Å²) in [5, 5.41) is 8.15. The van der Waals surface area contributed by atoms with Gasteiger partial charge in [-0.2, -0.15) is 5.10 Å². The van der Waals surface area contributed by atoms with Crippen molar-refractivity contribution in [3.05, 3.63) is 35.0 Å². The molecule has 3 rings (SSSR count). The van der Waals surface area contributed by atoms with Crippen LogP contribution in [-0.4, -0.2) is 16.3 Å². The first-order valence-electron chi connectivity index (χ1n) is 6.56. The number of nitrogens with one attached hydrogen (secondary N) is 1. The maximum absolute atomic E-state index is 4.65. The van der Waals surface area contributed by atoms with E-state index in [1.165, 1.54) is 28.1 Å². The molecule has 1 aliphatic rings. The third-order valence-electron chi connectivity index (χ3n) is 3.63. The minimum Gasteiger partial charge on any atom is -0.370 e. The highest BCUT2D eigenvalue weighted by Gasteiger charge is 2.20. The molecule has 1 aliphatic heterocycles. The van der Waals surface area contributed by atoms with E-state index in [1.54, 1.807) is 0 Å². The summed E-state index contributed by atoms with van der Waals surface area (Å²) < 4.78 is 2.11. The van der Waals surface area contributed by atoms with E-state index < -0.39 is 0 Å². The van der Waals surface area contributed by atoms with E-state index >= 15 is 0 Å². The zero-order chi connectivity index (χ0) is 12.7. The lowest BCUT2D eigenvalue weighted by molar-refractivity contribution is 0.564. The molecule has 0 aliphatic carbocycles. The fourth-order valence-electron chi connectivity index (χ4n) is 2.69. The fraction of sp³-hybridized carbons (Fsp3) is 0.400. The Hall–Kier alpha value is -1.77. The van der Waals surface area contributed by atoms with E-state index in [-0.39, 0.29) is 0 Å². The number of aryl methyl sites for hydroxylation is 4. The molecule has 3 nitrogen and oxygen atoms in total. The van der Waals surface area contributed by atoms with Gasteiger partial charge in [0.05, 0.1) is 5.69 Å². The van der Waals surface area contributed by atoms with Crippen molar-refractivity contribution < 1.29 is 0 Å². The largest absolute Gasteiger partial charge is 0.370 e. The van der Waals surface area contributed by atoms with Gasteiger partial charge in [0.25, 0.3) is 0 Å². The Morgan fingerprint density at radius 3 is 2.89 bits per heavy atom. The highest BCUT2D eigenvalue weighted by molar-refractivity contribution is 5.80. The molecule has 0 bridgehead atoms. The SMILES string of the molecule is Cc1ccc(C)c(-c2c(C)nn3c2NCCC3)c1. The number of aromatic nitrogens is 2. The average Bonchev–Trinajstić information content (AvgIpc) is 2.68. The molecule has 1 aromatic heterocycles. The van der Waals surface area contributed by atoms with Gasteiger partial charge in [-0.25, -0.2) is 4.68 Å². The van der Waals surface area contributed by atoms with Crippen LogP contribution in [0.15, 0.2) is 18.2 Å². The van der Waals surface area contributed by atoms with Crippen molar-refractivity contribution >= 4 is 5.82 Å². The molecule has 2 heterocycles. The molecule has 0 unspecified atom stereocenters. The predicted molar refractivity (Wildman–Crippen MR) is 75.0 cm³/mol. The van der Waals surface area contributed by atoms with Gasteiger partial charge in [0.15, 0.2) is 0 Å². The van der Waals surface area contributed by atoms with Crippen molar-refractivity contribution in [3.63, 3.8) is 0 Å². The van der Waals surface area contributed by atoms with Gasteiger partial charge in [-0.05, 0) is 38.3 Å². The topological polar surface area (TPSA) is 29.9 Å². The smallest absolute Gasteiger partial charge is 0.132 e. The third-order valence-corrected chi connectivity index (χ3v) is 3.63. The number of rotatable bonds is 1. The lowest BCUT2D eigenvalue weighted by atomic mass is 9.98. The number of nitrogens with zero attached hydrogens (tertiary/aromatic N) is 2. The van der Waals surface area contributed by atoms with Crippen LogP contribution in [-0.2, 0) is 6.54 Å². The molecule has 2 aromatic rings. The van der Waals surface area contributed by atoms with Gasteiger partial charge >= 0.3 is 0 Å². The standard InChI is InChI=1S/C15H19N3/c1-10-5-6-11(2)13(9-10)14-12(3)17-18-8-4-7-16-15(14)18/h5-6,9,16H,4,7-8H2,1-3H3. The minimum absolute atomic E-state index is 1.02. The van der Waals surface area contributed by atoms with Gasteiger partial charge in [0.1, 0.15) is 5.82 Å². The molecule has 0 radical (unpaired) electrons. The molecule has 1 N–H and O–H groups in total. The van der Waals surface area contributed by atoms with Crippen LogP contribution in [0.25, 0.3) is 11.1 Å². The number of anilines is 1. The average molecular weight is 241 g/mol. The number of hydrogen-bond donors (Lipinski definition) is 1. The molecule has 0 saturated carbocycles. The summed E-state index contributed by atoms with van der Waals surface area (Å²) in [6, 6.07) is 6.62. The summed E-state index contributed by atoms with van der Waals surface area (Å²) >= 11 is 0. The zero-order valence-electron chi connectivity index (χ0n) is 11.2. The number of hydrogen-bond acceptors (Lipinski definition) is 2. The number of benzene rings is 1. The fourth-order valence-corrected chi connectivity index (χ4v) is 2.69. The summed E-state index contributed by atoms with van der Waals surface area (Å²) in [4.78, 5) is 0. The second kappa shape index (κ2) is 4.16. The second-order valence-electron chi connectivity index (χ2n) is 5.13. The molecule has 0 atom stereocenters. The molecular weight excluding hydrogens is 222 g/mol. The minimum atomic E-state index is 1.02. The van der Waals surface area contributed by atoms with E-state index in [1.807, 2.05) is 0 Å². The van der Waals surface area contributed by atoms with Gasteiger partial charge in [-0.1, -0.05) is 23.8 Å². The lowest BCUT2D eigenvalue weighted by Gasteiger charge is -2.18. The first-order valence-corrected chi connectivity index (χ1v) is 6.56. The van der Waals surface area contributed by atoms with Crippen LogP contribution in [0.1, 0.15) is 23.2 Å². The van der Waals surface area contributed by atoms with Gasteiger partial charge < -0.3 is 5.32 Å². The third kappa shape index (κ3) is 1.70. The lowest BCUT2D eigenvalue weighted by Crippen LogP contribution is -2.17. The summed E-state index contributed by atoms with van der Waals surface area (Å²) in [5.74, 6) is 1.19. The first kappa shape index (κ1) is 11.3. The zero-order valence-corrected chi connectivity index (χ0v) is 11.2. The van der Waals surface area contributed by atoms with Crippen molar-refractivity contribution in [1.82, 2.24) is 9.78 Å². The van der Waals surface area contributed by atoms with E-state index in [0.29, 0.717) is 0 Å². The van der Waals surface area contributed by atoms with Crippen molar-refractivity contribution in [2.24, 2.45) is 0 Å². The van der Waals surface area contributed by atoms with Crippen molar-refractivity contribution in [3.8, 4) is 11.1 Å². The summed E-state index contributed by atoms with van der Waals surface area (Å²) in [7, 11) is 0. The molecule has 0 saturated heterocycles. The monoisotopic (exact) mass is 241 g/mol. The van der Waals surface area contributed by atoms with Crippen molar-refractivity contribution in [2.75, 3.05) is 11.9 Å². The molecular formula is C15H19N3. The van der Waals surface area contributed by atoms with E-state index in [9.17, 15) is 0 Å². The van der Waals surface area contributed by atoms with Crippen LogP contribution in [0.5, 0.6) is 0 Å². The highest BCUT2D eigenvalue weighted by atomic mass is 15.3. The van der Waals surface area contributed by atoms with Gasteiger partial charge in [-0.15, -0.1) is 0 Å². The van der Waals surface area contributed by atoms with Crippen molar-refractivity contribution in [2.45, 2.75) is 33.7 Å². The van der Waals surface area contributed by atoms with Gasteiger partial charge in [0, 0.05) is 18.7 Å². The molecule has 18 heavy (non-hydrogen) atoms. The summed E-state index contributed by atoms with van der Waals surface area (Å²) in [6.07, 6.45) is 1.15.